The predicted molar refractivity (Wildman–Crippen MR) is 93.0 cm³/mol. The van der Waals surface area contributed by atoms with Gasteiger partial charge >= 0.3 is 12.4 Å². The molecule has 0 saturated heterocycles. The minimum absolute atomic E-state index is 0.0491. The van der Waals surface area contributed by atoms with Gasteiger partial charge in [-0.2, -0.15) is 26.3 Å². The van der Waals surface area contributed by atoms with Crippen molar-refractivity contribution in [2.24, 2.45) is 0 Å². The van der Waals surface area contributed by atoms with E-state index in [9.17, 15) is 36.5 Å². The average molecular weight is 410 g/mol. The molecule has 0 aromatic heterocycles. The van der Waals surface area contributed by atoms with Crippen molar-refractivity contribution in [3.63, 3.8) is 0 Å². The summed E-state index contributed by atoms with van der Waals surface area (Å²) in [4.78, 5) is 9.60. The van der Waals surface area contributed by atoms with Gasteiger partial charge in [0.15, 0.2) is 0 Å². The van der Waals surface area contributed by atoms with Crippen molar-refractivity contribution in [1.29, 1.82) is 0 Å². The van der Waals surface area contributed by atoms with Crippen LogP contribution in [0, 0.1) is 10.1 Å². The Morgan fingerprint density at radius 3 is 1.64 bits per heavy atom. The van der Waals surface area contributed by atoms with E-state index in [-0.39, 0.29) is 11.4 Å². The minimum atomic E-state index is -4.57. The maximum Gasteiger partial charge on any atom is 0.416 e. The van der Waals surface area contributed by atoms with E-state index >= 15 is 0 Å². The molecule has 154 valence electrons. The molecule has 0 atom stereocenters. The van der Waals surface area contributed by atoms with Gasteiger partial charge in [0.1, 0.15) is 5.69 Å². The molecule has 0 unspecified atom stereocenters. The van der Waals surface area contributed by atoms with Gasteiger partial charge in [0, 0.05) is 20.2 Å². The Balaban J connectivity index is 0.000000283. The second-order valence-corrected chi connectivity index (χ2v) is 5.29. The number of halogens is 6. The third-order valence-electron chi connectivity index (χ3n) is 3.44. The molecule has 0 bridgehead atoms. The zero-order valence-electron chi connectivity index (χ0n) is 14.6. The van der Waals surface area contributed by atoms with E-state index in [1.807, 2.05) is 0 Å². The monoisotopic (exact) mass is 410 g/mol. The minimum Gasteiger partial charge on any atom is -0.397 e. The van der Waals surface area contributed by atoms with Crippen molar-refractivity contribution in [3.8, 4) is 0 Å². The molecule has 0 heterocycles. The normalized spacial score (nSPS) is 11.3. The zero-order chi connectivity index (χ0) is 21.7. The number of hydrogen-bond donors (Lipinski definition) is 3. The lowest BCUT2D eigenvalue weighted by molar-refractivity contribution is -0.384. The summed E-state index contributed by atoms with van der Waals surface area (Å²) in [6.07, 6.45) is -8.91. The van der Waals surface area contributed by atoms with E-state index < -0.39 is 34.1 Å². The van der Waals surface area contributed by atoms with Gasteiger partial charge in [-0.1, -0.05) is 0 Å². The van der Waals surface area contributed by atoms with Crippen LogP contribution in [0.25, 0.3) is 0 Å². The van der Waals surface area contributed by atoms with Crippen LogP contribution < -0.4 is 16.4 Å². The fourth-order valence-corrected chi connectivity index (χ4v) is 2.04. The Labute approximate surface area is 155 Å². The van der Waals surface area contributed by atoms with Crippen molar-refractivity contribution in [1.82, 2.24) is 0 Å². The molecule has 6 nitrogen and oxygen atoms in total. The number of anilines is 3. The van der Waals surface area contributed by atoms with Crippen LogP contribution in [0.2, 0.25) is 0 Å². The molecular weight excluding hydrogens is 394 g/mol. The van der Waals surface area contributed by atoms with E-state index in [0.29, 0.717) is 11.8 Å². The fraction of sp³-hybridized carbons (Fsp3) is 0.250. The number of nitrogens with one attached hydrogen (secondary N) is 2. The van der Waals surface area contributed by atoms with Crippen LogP contribution in [0.1, 0.15) is 11.1 Å². The quantitative estimate of drug-likeness (QED) is 0.287. The van der Waals surface area contributed by atoms with Crippen LogP contribution in [0.3, 0.4) is 0 Å². The number of hydrogen-bond acceptors (Lipinski definition) is 5. The molecule has 0 saturated carbocycles. The first-order valence-corrected chi connectivity index (χ1v) is 7.49. The topological polar surface area (TPSA) is 93.2 Å². The SMILES string of the molecule is CNc1ccc(C(F)(F)F)cc1N.CNc1ccc(C(F)(F)F)cc1[N+](=O)[O-]. The number of nitro groups is 1. The van der Waals surface area contributed by atoms with Gasteiger partial charge in [0.2, 0.25) is 0 Å². The van der Waals surface area contributed by atoms with Crippen molar-refractivity contribution >= 4 is 22.7 Å². The lowest BCUT2D eigenvalue weighted by atomic mass is 10.1. The van der Waals surface area contributed by atoms with Gasteiger partial charge in [-0.3, -0.25) is 10.1 Å². The summed E-state index contributed by atoms with van der Waals surface area (Å²) in [6, 6.07) is 5.53. The molecule has 0 aliphatic carbocycles. The van der Waals surface area contributed by atoms with E-state index in [4.69, 9.17) is 5.73 Å². The van der Waals surface area contributed by atoms with Crippen LogP contribution in [0.5, 0.6) is 0 Å². The molecule has 4 N–H and O–H groups in total. The van der Waals surface area contributed by atoms with E-state index in [1.165, 1.54) is 13.1 Å². The first kappa shape index (κ1) is 22.9. The van der Waals surface area contributed by atoms with Crippen LogP contribution >= 0.6 is 0 Å². The van der Waals surface area contributed by atoms with E-state index in [0.717, 1.165) is 24.3 Å². The molecule has 0 radical (unpaired) electrons. The van der Waals surface area contributed by atoms with E-state index in [1.54, 1.807) is 7.05 Å². The van der Waals surface area contributed by atoms with Crippen molar-refractivity contribution < 1.29 is 31.3 Å². The average Bonchev–Trinajstić information content (AvgIpc) is 2.60. The maximum absolute atomic E-state index is 12.2. The van der Waals surface area contributed by atoms with Crippen LogP contribution in [-0.2, 0) is 12.4 Å². The summed E-state index contributed by atoms with van der Waals surface area (Å²) in [5.74, 6) is 0. The van der Waals surface area contributed by atoms with Crippen molar-refractivity contribution in [2.45, 2.75) is 12.4 Å². The Bertz CT molecular complexity index is 837. The lowest BCUT2D eigenvalue weighted by Crippen LogP contribution is -2.06. The Hall–Kier alpha value is -3.18. The molecule has 0 amide bonds. The van der Waals surface area contributed by atoms with Gasteiger partial charge in [-0.05, 0) is 30.3 Å². The van der Waals surface area contributed by atoms with Gasteiger partial charge in [-0.15, -0.1) is 0 Å². The summed E-state index contributed by atoms with van der Waals surface area (Å²) in [5, 5.41) is 15.6. The summed E-state index contributed by atoms with van der Waals surface area (Å²) in [6.45, 7) is 0. The van der Waals surface area contributed by atoms with Gasteiger partial charge < -0.3 is 16.4 Å². The molecule has 0 aliphatic rings. The molecule has 0 aliphatic heterocycles. The van der Waals surface area contributed by atoms with Crippen molar-refractivity contribution in [3.05, 3.63) is 57.6 Å². The Kier molecular flexibility index (Phi) is 7.08. The number of nitrogens with two attached hydrogens (primary N) is 1. The highest BCUT2D eigenvalue weighted by atomic mass is 19.4. The molecule has 0 spiro atoms. The van der Waals surface area contributed by atoms with Gasteiger partial charge in [0.25, 0.3) is 5.69 Å². The molecular formula is C16H16F6N4O2. The van der Waals surface area contributed by atoms with Gasteiger partial charge in [-0.25, -0.2) is 0 Å². The third-order valence-corrected chi connectivity index (χ3v) is 3.44. The second kappa shape index (κ2) is 8.67. The summed E-state index contributed by atoms with van der Waals surface area (Å²) in [5.41, 5.74) is 3.65. The Morgan fingerprint density at radius 1 is 0.857 bits per heavy atom. The molecule has 2 aromatic rings. The molecule has 2 rings (SSSR count). The van der Waals surface area contributed by atoms with Crippen LogP contribution in [0.15, 0.2) is 36.4 Å². The van der Waals surface area contributed by atoms with Crippen molar-refractivity contribution in [2.75, 3.05) is 30.5 Å². The number of nitro benzene ring substituents is 1. The highest BCUT2D eigenvalue weighted by Gasteiger charge is 2.33. The summed E-state index contributed by atoms with van der Waals surface area (Å²) >= 11 is 0. The number of nitrogen functional groups attached to an aromatic ring is 1. The third kappa shape index (κ3) is 5.93. The first-order valence-electron chi connectivity index (χ1n) is 7.49. The molecule has 28 heavy (non-hydrogen) atoms. The number of alkyl halides is 6. The van der Waals surface area contributed by atoms with Crippen LogP contribution in [0.4, 0.5) is 49.1 Å². The maximum atomic E-state index is 12.2. The molecule has 2 aromatic carbocycles. The highest BCUT2D eigenvalue weighted by Crippen LogP contribution is 2.35. The number of benzene rings is 2. The standard InChI is InChI=1S/C8H7F3N2O2.C8H9F3N2/c1-12-6-3-2-5(8(9,10)11)4-7(6)13(14)15;1-13-7-3-2-5(4-6(7)12)8(9,10)11/h2-4,12H,1H3;2-4,13H,12H2,1H3. The second-order valence-electron chi connectivity index (χ2n) is 5.29. The smallest absolute Gasteiger partial charge is 0.397 e. The summed E-state index contributed by atoms with van der Waals surface area (Å²) < 4.78 is 73.1. The van der Waals surface area contributed by atoms with Crippen LogP contribution in [-0.4, -0.2) is 19.0 Å². The van der Waals surface area contributed by atoms with Gasteiger partial charge in [0.05, 0.1) is 27.4 Å². The van der Waals surface area contributed by atoms with E-state index in [2.05, 4.69) is 10.6 Å². The Morgan fingerprint density at radius 2 is 1.29 bits per heavy atom. The number of nitrogens with zero attached hydrogens (tertiary/aromatic N) is 1. The largest absolute Gasteiger partial charge is 0.416 e. The molecule has 12 heteroatoms. The molecule has 0 fully saturated rings. The predicted octanol–water partition coefficient (Wildman–Crippen LogP) is 4.98. The first-order chi connectivity index (χ1) is 12.8. The zero-order valence-corrected chi connectivity index (χ0v) is 14.6. The fourth-order valence-electron chi connectivity index (χ4n) is 2.04. The number of rotatable bonds is 3. The lowest BCUT2D eigenvalue weighted by Gasteiger charge is -2.09. The summed E-state index contributed by atoms with van der Waals surface area (Å²) in [7, 11) is 2.99. The highest BCUT2D eigenvalue weighted by molar-refractivity contribution is 5.67.